The van der Waals surface area contributed by atoms with Gasteiger partial charge in [-0.2, -0.15) is 0 Å². The van der Waals surface area contributed by atoms with Gasteiger partial charge in [0.15, 0.2) is 8.07 Å². The molecule has 1 aliphatic rings. The van der Waals surface area contributed by atoms with Gasteiger partial charge in [-0.15, -0.1) is 0 Å². The van der Waals surface area contributed by atoms with E-state index in [2.05, 4.69) is 229 Å². The summed E-state index contributed by atoms with van der Waals surface area (Å²) in [6.45, 7) is 0. The molecule has 0 N–H and O–H groups in total. The lowest BCUT2D eigenvalue weighted by molar-refractivity contribution is 1.18. The van der Waals surface area contributed by atoms with Gasteiger partial charge in [-0.1, -0.05) is 200 Å². The molecule has 0 aliphatic carbocycles. The first-order valence-electron chi connectivity index (χ1n) is 19.6. The average Bonchev–Trinajstić information content (AvgIpc) is 3.63. The van der Waals surface area contributed by atoms with Crippen molar-refractivity contribution in [1.82, 2.24) is 4.57 Å². The molecule has 10 aromatic rings. The molecular weight excluding hydrogens is 723 g/mol. The van der Waals surface area contributed by atoms with Crippen molar-refractivity contribution in [2.24, 2.45) is 0 Å². The second kappa shape index (κ2) is 13.8. The Hall–Kier alpha value is -6.65. The molecule has 0 fully saturated rings. The number of benzene rings is 9. The first-order chi connectivity index (χ1) is 28.3. The van der Waals surface area contributed by atoms with Crippen molar-refractivity contribution >= 4 is 62.4 Å². The van der Waals surface area contributed by atoms with Crippen LogP contribution in [0.2, 0.25) is 0 Å². The molecule has 0 amide bonds. The Balaban J connectivity index is 1.23. The van der Waals surface area contributed by atoms with Gasteiger partial charge in [-0.25, -0.2) is 0 Å². The molecule has 0 saturated carbocycles. The molecule has 1 aromatic heterocycles. The molecular formula is C54H37NSSi. The predicted molar refractivity (Wildman–Crippen MR) is 245 cm³/mol. The lowest BCUT2D eigenvalue weighted by atomic mass is 10.0. The number of hydrogen-bond acceptors (Lipinski definition) is 1. The van der Waals surface area contributed by atoms with E-state index in [-0.39, 0.29) is 0 Å². The summed E-state index contributed by atoms with van der Waals surface area (Å²) >= 11 is 1.92. The molecule has 2 heterocycles. The maximum absolute atomic E-state index is 3.06. The zero-order chi connectivity index (χ0) is 37.8. The standard InChI is InChI=1S/C54H37NSSi/c1-3-16-38(17-4-1)40-32-34-41(35-33-40)46-26-15-30-52-54(46)57(53-31-12-11-29-51(53)56-52,44-22-13-20-42(36-44)39-18-5-2-6-19-39)45-23-14-21-43(37-45)55-49-27-9-7-24-47(49)48-25-8-10-28-50(48)55/h1-37H. The first kappa shape index (κ1) is 33.7. The van der Waals surface area contributed by atoms with E-state index >= 15 is 0 Å². The smallest absolute Gasteiger partial charge is 0.182 e. The van der Waals surface area contributed by atoms with Crippen LogP contribution in [0.25, 0.3) is 60.9 Å². The van der Waals surface area contributed by atoms with Crippen LogP contribution < -0.4 is 20.7 Å². The molecule has 9 aromatic carbocycles. The minimum atomic E-state index is -3.06. The molecule has 0 saturated heterocycles. The summed E-state index contributed by atoms with van der Waals surface area (Å²) < 4.78 is 2.47. The Morgan fingerprint density at radius 1 is 0.351 bits per heavy atom. The van der Waals surface area contributed by atoms with Crippen molar-refractivity contribution in [2.45, 2.75) is 9.79 Å². The third kappa shape index (κ3) is 5.46. The molecule has 268 valence electrons. The van der Waals surface area contributed by atoms with Crippen LogP contribution in [0.1, 0.15) is 0 Å². The van der Waals surface area contributed by atoms with E-state index in [4.69, 9.17) is 0 Å². The molecule has 0 spiro atoms. The summed E-state index contributed by atoms with van der Waals surface area (Å²) in [4.78, 5) is 2.66. The predicted octanol–water partition coefficient (Wildman–Crippen LogP) is 11.6. The molecule has 57 heavy (non-hydrogen) atoms. The first-order valence-corrected chi connectivity index (χ1v) is 22.4. The van der Waals surface area contributed by atoms with Crippen LogP contribution in [0.5, 0.6) is 0 Å². The number of fused-ring (bicyclic) bond motifs is 5. The zero-order valence-electron chi connectivity index (χ0n) is 31.2. The van der Waals surface area contributed by atoms with Gasteiger partial charge >= 0.3 is 0 Å². The highest BCUT2D eigenvalue weighted by molar-refractivity contribution is 8.00. The van der Waals surface area contributed by atoms with Gasteiger partial charge in [0, 0.05) is 26.3 Å². The Labute approximate surface area is 338 Å². The summed E-state index contributed by atoms with van der Waals surface area (Å²) in [5.74, 6) is 0. The van der Waals surface area contributed by atoms with Crippen LogP contribution in [-0.2, 0) is 0 Å². The highest BCUT2D eigenvalue weighted by Gasteiger charge is 2.48. The minimum absolute atomic E-state index is 1.18. The number of para-hydroxylation sites is 2. The summed E-state index contributed by atoms with van der Waals surface area (Å²) in [6.07, 6.45) is 0. The van der Waals surface area contributed by atoms with Gasteiger partial charge in [0.1, 0.15) is 0 Å². The second-order valence-electron chi connectivity index (χ2n) is 14.8. The van der Waals surface area contributed by atoms with E-state index in [9.17, 15) is 0 Å². The van der Waals surface area contributed by atoms with Gasteiger partial charge in [-0.3, -0.25) is 0 Å². The Kier molecular flexibility index (Phi) is 8.16. The molecule has 11 rings (SSSR count). The molecule has 3 heteroatoms. The monoisotopic (exact) mass is 759 g/mol. The quantitative estimate of drug-likeness (QED) is 0.153. The van der Waals surface area contributed by atoms with Crippen molar-refractivity contribution in [3.63, 3.8) is 0 Å². The van der Waals surface area contributed by atoms with E-state index in [1.807, 2.05) is 11.8 Å². The normalized spacial score (nSPS) is 14.7. The minimum Gasteiger partial charge on any atom is -0.309 e. The highest BCUT2D eigenvalue weighted by atomic mass is 32.2. The maximum Gasteiger partial charge on any atom is 0.182 e. The van der Waals surface area contributed by atoms with Crippen molar-refractivity contribution in [1.29, 1.82) is 0 Å². The van der Waals surface area contributed by atoms with Crippen molar-refractivity contribution in [3.8, 4) is 39.1 Å². The van der Waals surface area contributed by atoms with Crippen molar-refractivity contribution < 1.29 is 0 Å². The van der Waals surface area contributed by atoms with Crippen LogP contribution in [0.15, 0.2) is 234 Å². The van der Waals surface area contributed by atoms with E-state index in [1.54, 1.807) is 0 Å². The zero-order valence-corrected chi connectivity index (χ0v) is 33.0. The Morgan fingerprint density at radius 2 is 0.860 bits per heavy atom. The van der Waals surface area contributed by atoms with E-state index < -0.39 is 8.07 Å². The van der Waals surface area contributed by atoms with E-state index in [0.717, 1.165) is 0 Å². The van der Waals surface area contributed by atoms with Gasteiger partial charge in [0.05, 0.1) is 11.0 Å². The van der Waals surface area contributed by atoms with Crippen LogP contribution in [-0.4, -0.2) is 12.6 Å². The maximum atomic E-state index is 2.52. The van der Waals surface area contributed by atoms with Crippen LogP contribution in [0, 0.1) is 0 Å². The van der Waals surface area contributed by atoms with Gasteiger partial charge in [-0.05, 0) is 90.5 Å². The third-order valence-electron chi connectivity index (χ3n) is 11.7. The topological polar surface area (TPSA) is 4.93 Å². The van der Waals surface area contributed by atoms with Crippen LogP contribution in [0.4, 0.5) is 0 Å². The largest absolute Gasteiger partial charge is 0.309 e. The molecule has 1 aliphatic heterocycles. The lowest BCUT2D eigenvalue weighted by Gasteiger charge is -2.41. The van der Waals surface area contributed by atoms with Gasteiger partial charge in [0.25, 0.3) is 0 Å². The lowest BCUT2D eigenvalue weighted by Crippen LogP contribution is -2.77. The molecule has 0 bridgehead atoms. The van der Waals surface area contributed by atoms with Crippen LogP contribution >= 0.6 is 11.8 Å². The molecule has 1 unspecified atom stereocenters. The van der Waals surface area contributed by atoms with Crippen molar-refractivity contribution in [3.05, 3.63) is 224 Å². The fraction of sp³-hybridized carbons (Fsp3) is 0. The molecule has 1 nitrogen and oxygen atoms in total. The van der Waals surface area contributed by atoms with E-state index in [0.29, 0.717) is 0 Å². The molecule has 1 atom stereocenters. The SMILES string of the molecule is c1ccc(-c2ccc(-c3cccc4c3[Si](c3cccc(-c5ccccc5)c3)(c3cccc(-n5c6ccccc6c6ccccc65)c3)c3ccccc3S4)cc2)cc1. The summed E-state index contributed by atoms with van der Waals surface area (Å²) in [6, 6.07) is 83.6. The highest BCUT2D eigenvalue weighted by Crippen LogP contribution is 2.38. The average molecular weight is 760 g/mol. The number of rotatable bonds is 6. The number of nitrogens with zero attached hydrogens (tertiary/aromatic N) is 1. The second-order valence-corrected chi connectivity index (χ2v) is 19.6. The molecule has 0 radical (unpaired) electrons. The van der Waals surface area contributed by atoms with E-state index in [1.165, 1.54) is 91.4 Å². The third-order valence-corrected chi connectivity index (χ3v) is 18.1. The van der Waals surface area contributed by atoms with Crippen LogP contribution in [0.3, 0.4) is 0 Å². The Morgan fingerprint density at radius 3 is 1.58 bits per heavy atom. The number of aromatic nitrogens is 1. The fourth-order valence-electron chi connectivity index (χ4n) is 9.24. The van der Waals surface area contributed by atoms with Gasteiger partial charge in [0.2, 0.25) is 0 Å². The summed E-state index contributed by atoms with van der Waals surface area (Å²) in [7, 11) is -3.06. The van der Waals surface area contributed by atoms with Gasteiger partial charge < -0.3 is 4.57 Å². The Bertz CT molecular complexity index is 3040. The van der Waals surface area contributed by atoms with Crippen molar-refractivity contribution in [2.75, 3.05) is 0 Å². The number of hydrogen-bond donors (Lipinski definition) is 0. The summed E-state index contributed by atoms with van der Waals surface area (Å²) in [5, 5.41) is 8.17. The summed E-state index contributed by atoms with van der Waals surface area (Å²) in [5.41, 5.74) is 11.1. The fourth-order valence-corrected chi connectivity index (χ4v) is 16.5.